The van der Waals surface area contributed by atoms with E-state index in [1.54, 1.807) is 7.11 Å². The van der Waals surface area contributed by atoms with Gasteiger partial charge in [0.05, 0.1) is 14.2 Å². The molecule has 0 atom stereocenters. The summed E-state index contributed by atoms with van der Waals surface area (Å²) in [6, 6.07) is 6.36. The number of benzene rings is 1. The molecule has 0 bridgehead atoms. The van der Waals surface area contributed by atoms with Crippen LogP contribution >= 0.6 is 0 Å². The van der Waals surface area contributed by atoms with Crippen LogP contribution in [0.2, 0.25) is 0 Å². The molecule has 0 aliphatic heterocycles. The van der Waals surface area contributed by atoms with Crippen molar-refractivity contribution in [3.8, 4) is 11.4 Å². The summed E-state index contributed by atoms with van der Waals surface area (Å²) in [6.07, 6.45) is 5.18. The molecule has 90 valence electrons. The molecule has 1 aromatic carbocycles. The molecule has 1 aromatic heterocycles. The highest BCUT2D eigenvalue weighted by Crippen LogP contribution is 2.20. The van der Waals surface area contributed by atoms with Crippen molar-refractivity contribution in [1.82, 2.24) is 4.57 Å². The summed E-state index contributed by atoms with van der Waals surface area (Å²) in [5.74, 6) is 0.917. The average Bonchev–Trinajstić information content (AvgIpc) is 2.68. The van der Waals surface area contributed by atoms with Gasteiger partial charge in [0.25, 0.3) is 0 Å². The van der Waals surface area contributed by atoms with Crippen LogP contribution in [0.15, 0.2) is 30.7 Å². The maximum atomic E-state index is 5.46. The van der Waals surface area contributed by atoms with Gasteiger partial charge in [0.1, 0.15) is 11.9 Å². The minimum atomic E-state index is 0.917. The number of aryl methyl sites for hydroxylation is 3. The Morgan fingerprint density at radius 3 is 2.65 bits per heavy atom. The van der Waals surface area contributed by atoms with Crippen LogP contribution in [-0.2, 0) is 13.5 Å². The predicted octanol–water partition coefficient (Wildman–Crippen LogP) is 2.18. The third-order valence-corrected chi connectivity index (χ3v) is 3.11. The van der Waals surface area contributed by atoms with Gasteiger partial charge in [-0.2, -0.15) is 4.57 Å². The molecule has 0 N–H and O–H groups in total. The lowest BCUT2D eigenvalue weighted by Gasteiger charge is -2.06. The molecule has 3 nitrogen and oxygen atoms in total. The summed E-state index contributed by atoms with van der Waals surface area (Å²) in [5, 5.41) is 0. The van der Waals surface area contributed by atoms with Gasteiger partial charge in [-0.1, -0.05) is 13.0 Å². The second kappa shape index (κ2) is 4.62. The average molecular weight is 231 g/mol. The lowest BCUT2D eigenvalue weighted by molar-refractivity contribution is -0.595. The second-order valence-electron chi connectivity index (χ2n) is 4.26. The van der Waals surface area contributed by atoms with E-state index in [1.807, 2.05) is 7.05 Å². The zero-order valence-electron chi connectivity index (χ0n) is 10.9. The fourth-order valence-electron chi connectivity index (χ4n) is 1.89. The van der Waals surface area contributed by atoms with Crippen molar-refractivity contribution < 1.29 is 9.30 Å². The Morgan fingerprint density at radius 2 is 2.12 bits per heavy atom. The number of rotatable bonds is 3. The molecule has 0 unspecified atom stereocenters. The Labute approximate surface area is 102 Å². The van der Waals surface area contributed by atoms with Gasteiger partial charge < -0.3 is 4.74 Å². The van der Waals surface area contributed by atoms with Crippen molar-refractivity contribution in [3.63, 3.8) is 0 Å². The van der Waals surface area contributed by atoms with Crippen LogP contribution in [0.5, 0.6) is 5.75 Å². The minimum Gasteiger partial charge on any atom is -0.492 e. The zero-order valence-corrected chi connectivity index (χ0v) is 10.9. The maximum absolute atomic E-state index is 5.46. The molecule has 2 rings (SSSR count). The number of ether oxygens (including phenoxy) is 1. The molecule has 0 amide bonds. The molecular formula is C14H19N2O+. The number of nitrogens with zero attached hydrogens (tertiary/aromatic N) is 2. The summed E-state index contributed by atoms with van der Waals surface area (Å²) in [4.78, 5) is 0. The van der Waals surface area contributed by atoms with Crippen molar-refractivity contribution >= 4 is 0 Å². The summed E-state index contributed by atoms with van der Waals surface area (Å²) >= 11 is 0. The van der Waals surface area contributed by atoms with Gasteiger partial charge in [-0.15, -0.1) is 0 Å². The molecule has 0 saturated carbocycles. The fraction of sp³-hybridized carbons (Fsp3) is 0.357. The number of hydrogen-bond acceptors (Lipinski definition) is 1. The van der Waals surface area contributed by atoms with E-state index < -0.39 is 0 Å². The molecule has 0 aliphatic carbocycles. The third kappa shape index (κ3) is 2.18. The van der Waals surface area contributed by atoms with Crippen molar-refractivity contribution in [2.24, 2.45) is 7.05 Å². The molecular weight excluding hydrogens is 212 g/mol. The van der Waals surface area contributed by atoms with Gasteiger partial charge in [0, 0.05) is 6.92 Å². The van der Waals surface area contributed by atoms with Crippen molar-refractivity contribution in [2.75, 3.05) is 7.11 Å². The van der Waals surface area contributed by atoms with Crippen molar-refractivity contribution in [2.45, 2.75) is 20.3 Å². The normalized spacial score (nSPS) is 10.6. The SMILES string of the molecule is CCc1ccc(-[n+]2cc(C)n(C)c2)c(OC)c1. The number of imidazole rings is 1. The largest absolute Gasteiger partial charge is 0.492 e. The van der Waals surface area contributed by atoms with Gasteiger partial charge in [-0.05, 0) is 24.1 Å². The summed E-state index contributed by atoms with van der Waals surface area (Å²) in [5.41, 5.74) is 3.58. The first kappa shape index (κ1) is 11.7. The van der Waals surface area contributed by atoms with Gasteiger partial charge in [0.15, 0.2) is 11.4 Å². The Balaban J connectivity index is 2.51. The highest BCUT2D eigenvalue weighted by Gasteiger charge is 2.13. The van der Waals surface area contributed by atoms with E-state index in [0.717, 1.165) is 17.9 Å². The monoisotopic (exact) mass is 231 g/mol. The molecule has 0 aliphatic rings. The molecule has 0 spiro atoms. The molecule has 17 heavy (non-hydrogen) atoms. The second-order valence-corrected chi connectivity index (χ2v) is 4.26. The Bertz CT molecular complexity index is 510. The quantitative estimate of drug-likeness (QED) is 0.740. The lowest BCUT2D eigenvalue weighted by Crippen LogP contribution is -2.28. The van der Waals surface area contributed by atoms with Crippen LogP contribution in [-0.4, -0.2) is 11.7 Å². The van der Waals surface area contributed by atoms with Gasteiger partial charge in [-0.25, -0.2) is 4.57 Å². The first-order valence-electron chi connectivity index (χ1n) is 5.87. The predicted molar refractivity (Wildman–Crippen MR) is 67.6 cm³/mol. The summed E-state index contributed by atoms with van der Waals surface area (Å²) < 4.78 is 9.64. The zero-order chi connectivity index (χ0) is 12.4. The van der Waals surface area contributed by atoms with Crippen molar-refractivity contribution in [1.29, 1.82) is 0 Å². The third-order valence-electron chi connectivity index (χ3n) is 3.11. The summed E-state index contributed by atoms with van der Waals surface area (Å²) in [6.45, 7) is 4.23. The Morgan fingerprint density at radius 1 is 1.35 bits per heavy atom. The molecule has 3 heteroatoms. The number of hydrogen-bond donors (Lipinski definition) is 0. The van der Waals surface area contributed by atoms with E-state index in [2.05, 4.69) is 53.7 Å². The molecule has 2 aromatic rings. The molecule has 0 fully saturated rings. The molecule has 1 heterocycles. The maximum Gasteiger partial charge on any atom is 0.249 e. The fourth-order valence-corrected chi connectivity index (χ4v) is 1.89. The van der Waals surface area contributed by atoms with Crippen LogP contribution in [0.25, 0.3) is 5.69 Å². The van der Waals surface area contributed by atoms with E-state index in [1.165, 1.54) is 11.3 Å². The Hall–Kier alpha value is -1.77. The standard InChI is InChI=1S/C14H19N2O/c1-5-12-6-7-13(14(8-12)17-4)16-9-11(2)15(3)10-16/h6-10H,5H2,1-4H3/q+1. The van der Waals surface area contributed by atoms with Gasteiger partial charge in [-0.3, -0.25) is 0 Å². The number of aromatic nitrogens is 2. The van der Waals surface area contributed by atoms with Crippen LogP contribution in [0.4, 0.5) is 0 Å². The van der Waals surface area contributed by atoms with Gasteiger partial charge in [0.2, 0.25) is 6.33 Å². The lowest BCUT2D eigenvalue weighted by atomic mass is 10.1. The Kier molecular flexibility index (Phi) is 3.18. The van der Waals surface area contributed by atoms with Crippen LogP contribution in [0, 0.1) is 6.92 Å². The summed E-state index contributed by atoms with van der Waals surface area (Å²) in [7, 11) is 3.76. The smallest absolute Gasteiger partial charge is 0.249 e. The van der Waals surface area contributed by atoms with Crippen LogP contribution in [0.3, 0.4) is 0 Å². The highest BCUT2D eigenvalue weighted by molar-refractivity contribution is 5.43. The first-order chi connectivity index (χ1) is 8.15. The van der Waals surface area contributed by atoms with Crippen LogP contribution in [0.1, 0.15) is 18.2 Å². The topological polar surface area (TPSA) is 18.0 Å². The van der Waals surface area contributed by atoms with E-state index in [4.69, 9.17) is 4.74 Å². The first-order valence-corrected chi connectivity index (χ1v) is 5.87. The van der Waals surface area contributed by atoms with E-state index >= 15 is 0 Å². The van der Waals surface area contributed by atoms with Crippen molar-refractivity contribution in [3.05, 3.63) is 42.0 Å². The van der Waals surface area contributed by atoms with E-state index in [0.29, 0.717) is 0 Å². The van der Waals surface area contributed by atoms with Gasteiger partial charge >= 0.3 is 0 Å². The van der Waals surface area contributed by atoms with Crippen LogP contribution < -0.4 is 9.30 Å². The number of methoxy groups -OCH3 is 1. The molecule has 0 saturated heterocycles. The minimum absolute atomic E-state index is 0.917. The highest BCUT2D eigenvalue weighted by atomic mass is 16.5. The van der Waals surface area contributed by atoms with E-state index in [9.17, 15) is 0 Å². The van der Waals surface area contributed by atoms with E-state index in [-0.39, 0.29) is 0 Å². The molecule has 0 radical (unpaired) electrons.